The van der Waals surface area contributed by atoms with E-state index in [0.29, 0.717) is 24.9 Å². The third kappa shape index (κ3) is 8.40. The molecular weight excluding hydrogens is 518 g/mol. The average Bonchev–Trinajstić information content (AvgIpc) is 3.38. The highest BCUT2D eigenvalue weighted by Gasteiger charge is 2.40. The molecule has 3 unspecified atom stereocenters. The van der Waals surface area contributed by atoms with E-state index in [1.165, 1.54) is 0 Å². The van der Waals surface area contributed by atoms with Crippen LogP contribution < -0.4 is 21.7 Å². The fourth-order valence-electron chi connectivity index (χ4n) is 4.78. The topological polar surface area (TPSA) is 191 Å². The SMILES string of the molecule is Cl.NC(=O)C[C@H](NC(=O)C1CCCCN1)C(=O)NC(Cc1ccccc1)C(O)C(=O)N1CCC[C@H]1C(=O)O. The fraction of sp³-hybridized carbons (Fsp3) is 0.560. The van der Waals surface area contributed by atoms with E-state index in [2.05, 4.69) is 16.0 Å². The van der Waals surface area contributed by atoms with Crippen LogP contribution in [-0.2, 0) is 30.4 Å². The number of likely N-dealkylation sites (tertiary alicyclic amines) is 1. The van der Waals surface area contributed by atoms with E-state index in [1.54, 1.807) is 30.3 Å². The number of nitrogens with one attached hydrogen (secondary N) is 3. The molecule has 5 atom stereocenters. The standard InChI is InChI=1S/C25H35N5O7.ClH/c26-20(31)14-18(29-22(33)16-9-4-5-11-27-16)23(34)28-17(13-15-7-2-1-3-8-15)21(32)24(35)30-12-6-10-19(30)25(36)37;/h1-3,7-8,16-19,21,27,32H,4-6,9-14H2,(H2,26,31)(H,28,34)(H,29,33)(H,36,37);1H/t16?,17?,18-,19-,21?;/m0./s1. The van der Waals surface area contributed by atoms with E-state index in [-0.39, 0.29) is 31.8 Å². The number of hydrogen-bond acceptors (Lipinski definition) is 7. The number of nitrogens with two attached hydrogens (primary N) is 1. The lowest BCUT2D eigenvalue weighted by molar-refractivity contribution is -0.153. The summed E-state index contributed by atoms with van der Waals surface area (Å²) in [5, 5.41) is 28.7. The van der Waals surface area contributed by atoms with Crippen LogP contribution in [-0.4, -0.2) is 88.1 Å². The molecule has 0 aliphatic carbocycles. The zero-order chi connectivity index (χ0) is 26.9. The molecule has 1 aromatic carbocycles. The number of carbonyl (C=O) groups excluding carboxylic acids is 4. The predicted molar refractivity (Wildman–Crippen MR) is 139 cm³/mol. The van der Waals surface area contributed by atoms with Crippen LogP contribution >= 0.6 is 12.4 Å². The van der Waals surface area contributed by atoms with Gasteiger partial charge < -0.3 is 36.8 Å². The van der Waals surface area contributed by atoms with E-state index < -0.39 is 66.3 Å². The Kier molecular flexibility index (Phi) is 11.9. The second-order valence-corrected chi connectivity index (χ2v) is 9.51. The van der Waals surface area contributed by atoms with Crippen molar-refractivity contribution in [1.29, 1.82) is 0 Å². The number of piperidine rings is 1. The first-order valence-electron chi connectivity index (χ1n) is 12.5. The molecule has 4 amide bonds. The van der Waals surface area contributed by atoms with E-state index in [1.807, 2.05) is 0 Å². The number of carboxylic acids is 1. The van der Waals surface area contributed by atoms with Crippen LogP contribution in [0.25, 0.3) is 0 Å². The molecule has 2 heterocycles. The molecule has 0 saturated carbocycles. The molecule has 2 fully saturated rings. The zero-order valence-corrected chi connectivity index (χ0v) is 21.8. The van der Waals surface area contributed by atoms with Gasteiger partial charge in [0.2, 0.25) is 17.7 Å². The number of primary amides is 1. The van der Waals surface area contributed by atoms with Crippen molar-refractivity contribution in [2.24, 2.45) is 5.73 Å². The van der Waals surface area contributed by atoms with Gasteiger partial charge in [0.15, 0.2) is 6.10 Å². The summed E-state index contributed by atoms with van der Waals surface area (Å²) in [6.45, 7) is 0.833. The summed E-state index contributed by atoms with van der Waals surface area (Å²) in [6.07, 6.45) is 0.932. The highest BCUT2D eigenvalue weighted by atomic mass is 35.5. The number of rotatable bonds is 11. The summed E-state index contributed by atoms with van der Waals surface area (Å²) in [7, 11) is 0. The molecule has 1 aromatic rings. The lowest BCUT2D eigenvalue weighted by Crippen LogP contribution is -2.59. The van der Waals surface area contributed by atoms with Crippen molar-refractivity contribution in [1.82, 2.24) is 20.9 Å². The normalized spacial score (nSPS) is 21.3. The first kappa shape index (κ1) is 31.0. The number of aliphatic carboxylic acids is 1. The molecule has 38 heavy (non-hydrogen) atoms. The Morgan fingerprint density at radius 1 is 1.05 bits per heavy atom. The van der Waals surface area contributed by atoms with Gasteiger partial charge in [-0.15, -0.1) is 12.4 Å². The molecule has 7 N–H and O–H groups in total. The van der Waals surface area contributed by atoms with Gasteiger partial charge in [-0.2, -0.15) is 0 Å². The third-order valence-corrected chi connectivity index (χ3v) is 6.75. The van der Waals surface area contributed by atoms with Gasteiger partial charge in [0.1, 0.15) is 12.1 Å². The third-order valence-electron chi connectivity index (χ3n) is 6.75. The predicted octanol–water partition coefficient (Wildman–Crippen LogP) is -0.925. The Bertz CT molecular complexity index is 990. The second-order valence-electron chi connectivity index (χ2n) is 9.51. The minimum atomic E-state index is -1.76. The Morgan fingerprint density at radius 2 is 1.76 bits per heavy atom. The van der Waals surface area contributed by atoms with Crippen LogP contribution in [0.5, 0.6) is 0 Å². The summed E-state index contributed by atoms with van der Waals surface area (Å²) < 4.78 is 0. The van der Waals surface area contributed by atoms with Crippen molar-refractivity contribution in [2.45, 2.75) is 75.2 Å². The second kappa shape index (κ2) is 14.6. The molecule has 0 radical (unpaired) electrons. The van der Waals surface area contributed by atoms with Gasteiger partial charge in [0.25, 0.3) is 5.91 Å². The molecule has 12 nitrogen and oxygen atoms in total. The van der Waals surface area contributed by atoms with Crippen molar-refractivity contribution in [2.75, 3.05) is 13.1 Å². The van der Waals surface area contributed by atoms with Gasteiger partial charge in [0, 0.05) is 6.54 Å². The summed E-state index contributed by atoms with van der Waals surface area (Å²) in [5.41, 5.74) is 6.03. The maximum Gasteiger partial charge on any atom is 0.326 e. The Morgan fingerprint density at radius 3 is 2.37 bits per heavy atom. The number of aliphatic hydroxyl groups is 1. The molecule has 2 saturated heterocycles. The van der Waals surface area contributed by atoms with Crippen LogP contribution in [0.3, 0.4) is 0 Å². The number of benzene rings is 1. The lowest BCUT2D eigenvalue weighted by atomic mass is 9.99. The van der Waals surface area contributed by atoms with Crippen LogP contribution in [0.2, 0.25) is 0 Å². The Hall–Kier alpha value is -3.22. The van der Waals surface area contributed by atoms with Crippen molar-refractivity contribution in [3.05, 3.63) is 35.9 Å². The van der Waals surface area contributed by atoms with Crippen molar-refractivity contribution >= 4 is 42.0 Å². The maximum atomic E-state index is 13.2. The number of hydrogen-bond donors (Lipinski definition) is 6. The summed E-state index contributed by atoms with van der Waals surface area (Å²) >= 11 is 0. The molecular formula is C25H36ClN5O7. The van der Waals surface area contributed by atoms with E-state index in [0.717, 1.165) is 17.7 Å². The Balaban J connectivity index is 0.00000507. The first-order chi connectivity index (χ1) is 17.7. The molecule has 0 spiro atoms. The largest absolute Gasteiger partial charge is 0.480 e. The smallest absolute Gasteiger partial charge is 0.326 e. The number of nitrogens with zero attached hydrogens (tertiary/aromatic N) is 1. The first-order valence-corrected chi connectivity index (χ1v) is 12.5. The monoisotopic (exact) mass is 553 g/mol. The average molecular weight is 554 g/mol. The molecule has 2 aliphatic rings. The number of carboxylic acid groups (broad SMARTS) is 1. The quantitative estimate of drug-likeness (QED) is 0.202. The molecule has 2 aliphatic heterocycles. The Labute approximate surface area is 227 Å². The highest BCUT2D eigenvalue weighted by molar-refractivity contribution is 5.94. The van der Waals surface area contributed by atoms with E-state index >= 15 is 0 Å². The van der Waals surface area contributed by atoms with Gasteiger partial charge in [-0.25, -0.2) is 4.79 Å². The van der Waals surface area contributed by atoms with Gasteiger partial charge in [0.05, 0.1) is 18.5 Å². The van der Waals surface area contributed by atoms with Crippen molar-refractivity contribution in [3.63, 3.8) is 0 Å². The molecule has 3 rings (SSSR count). The van der Waals surface area contributed by atoms with Crippen LogP contribution in [0.15, 0.2) is 30.3 Å². The van der Waals surface area contributed by atoms with Crippen LogP contribution in [0.1, 0.15) is 44.1 Å². The van der Waals surface area contributed by atoms with E-state index in [9.17, 15) is 34.2 Å². The van der Waals surface area contributed by atoms with Gasteiger partial charge >= 0.3 is 5.97 Å². The molecule has 0 aromatic heterocycles. The summed E-state index contributed by atoms with van der Waals surface area (Å²) in [5.74, 6) is -4.02. The summed E-state index contributed by atoms with van der Waals surface area (Å²) in [6, 6.07) is 4.79. The minimum absolute atomic E-state index is 0. The maximum absolute atomic E-state index is 13.2. The van der Waals surface area contributed by atoms with Gasteiger partial charge in [-0.05, 0) is 44.2 Å². The zero-order valence-electron chi connectivity index (χ0n) is 21.0. The van der Waals surface area contributed by atoms with Crippen LogP contribution in [0.4, 0.5) is 0 Å². The number of amides is 4. The molecule has 210 valence electrons. The van der Waals surface area contributed by atoms with Crippen molar-refractivity contribution in [3.8, 4) is 0 Å². The van der Waals surface area contributed by atoms with Gasteiger partial charge in [-0.1, -0.05) is 36.8 Å². The fourth-order valence-corrected chi connectivity index (χ4v) is 4.78. The molecule has 13 heteroatoms. The van der Waals surface area contributed by atoms with Crippen LogP contribution in [0, 0.1) is 0 Å². The van der Waals surface area contributed by atoms with E-state index in [4.69, 9.17) is 5.73 Å². The number of aliphatic hydroxyl groups excluding tert-OH is 1. The summed E-state index contributed by atoms with van der Waals surface area (Å²) in [4.78, 5) is 63.4. The minimum Gasteiger partial charge on any atom is -0.480 e. The number of carbonyl (C=O) groups is 5. The highest BCUT2D eigenvalue weighted by Crippen LogP contribution is 2.20. The van der Waals surface area contributed by atoms with Crippen molar-refractivity contribution < 1.29 is 34.2 Å². The lowest BCUT2D eigenvalue weighted by Gasteiger charge is -2.31. The molecule has 0 bridgehead atoms. The van der Waals surface area contributed by atoms with Gasteiger partial charge in [-0.3, -0.25) is 19.2 Å². The number of halogens is 1.